The van der Waals surface area contributed by atoms with Crippen LogP contribution in [0.4, 0.5) is 24.5 Å². The molecule has 0 bridgehead atoms. The molecular weight excluding hydrogens is 473 g/mol. The standard InChI is InChI=1S/C21H14ClF3N8O/c1-12(13-4-3-5-14(22)8-13)32-18(21(23,24)25)16(11-30-32)20(34)31-15-9-17(26-2)19(27-10-15)33-28-6-7-29-33/h3-12H,1H3,(H,31,34). The molecule has 0 radical (unpaired) electrons. The Balaban J connectivity index is 1.67. The number of nitrogens with one attached hydrogen (secondary N) is 1. The van der Waals surface area contributed by atoms with Crippen molar-refractivity contribution in [2.24, 2.45) is 0 Å². The fraction of sp³-hybridized carbons (Fsp3) is 0.143. The highest BCUT2D eigenvalue weighted by Crippen LogP contribution is 2.36. The maximum Gasteiger partial charge on any atom is 0.433 e. The van der Waals surface area contributed by atoms with E-state index in [0.717, 1.165) is 15.7 Å². The molecule has 1 amide bonds. The summed E-state index contributed by atoms with van der Waals surface area (Å²) in [7, 11) is 0. The van der Waals surface area contributed by atoms with Crippen molar-refractivity contribution in [3.8, 4) is 5.82 Å². The van der Waals surface area contributed by atoms with Crippen molar-refractivity contribution in [3.63, 3.8) is 0 Å². The normalized spacial score (nSPS) is 12.2. The molecule has 3 heterocycles. The molecule has 0 spiro atoms. The van der Waals surface area contributed by atoms with Crippen molar-refractivity contribution < 1.29 is 18.0 Å². The number of anilines is 1. The van der Waals surface area contributed by atoms with Gasteiger partial charge in [0.15, 0.2) is 11.5 Å². The van der Waals surface area contributed by atoms with Crippen molar-refractivity contribution in [1.29, 1.82) is 0 Å². The minimum Gasteiger partial charge on any atom is -0.322 e. The number of carbonyl (C=O) groups excluding carboxylic acids is 1. The molecule has 0 saturated heterocycles. The lowest BCUT2D eigenvalue weighted by molar-refractivity contribution is -0.144. The number of hydrogen-bond donors (Lipinski definition) is 1. The third kappa shape index (κ3) is 4.46. The molecule has 1 aromatic carbocycles. The van der Waals surface area contributed by atoms with Crippen molar-refractivity contribution >= 4 is 28.9 Å². The topological polar surface area (TPSA) is 94.9 Å². The minimum absolute atomic E-state index is 0.00433. The number of pyridine rings is 1. The average molecular weight is 487 g/mol. The predicted octanol–water partition coefficient (Wildman–Crippen LogP) is 4.94. The second kappa shape index (κ2) is 8.95. The fourth-order valence-electron chi connectivity index (χ4n) is 3.29. The summed E-state index contributed by atoms with van der Waals surface area (Å²) in [5.74, 6) is -0.947. The van der Waals surface area contributed by atoms with Gasteiger partial charge in [0.05, 0.1) is 43.0 Å². The summed E-state index contributed by atoms with van der Waals surface area (Å²) in [5, 5.41) is 14.3. The Kier molecular flexibility index (Phi) is 6.04. The molecule has 1 atom stereocenters. The highest BCUT2D eigenvalue weighted by atomic mass is 35.5. The molecule has 4 aromatic rings. The lowest BCUT2D eigenvalue weighted by Gasteiger charge is -2.19. The molecule has 0 aliphatic carbocycles. The van der Waals surface area contributed by atoms with Crippen LogP contribution in [0.3, 0.4) is 0 Å². The number of halogens is 4. The minimum atomic E-state index is -4.87. The number of rotatable bonds is 5. The summed E-state index contributed by atoms with van der Waals surface area (Å²) in [5.41, 5.74) is -1.38. The highest BCUT2D eigenvalue weighted by molar-refractivity contribution is 6.30. The van der Waals surface area contributed by atoms with Crippen LogP contribution in [0.15, 0.2) is 55.1 Å². The van der Waals surface area contributed by atoms with Gasteiger partial charge in [-0.15, -0.1) is 4.80 Å². The SMILES string of the molecule is [C-]#[N+]c1cc(NC(=O)c2cnn(C(C)c3cccc(Cl)c3)c2C(F)(F)F)cnc1-n1nccn1. The molecule has 13 heteroatoms. The first kappa shape index (κ1) is 22.9. The van der Waals surface area contributed by atoms with Gasteiger partial charge in [-0.2, -0.15) is 28.5 Å². The van der Waals surface area contributed by atoms with E-state index in [9.17, 15) is 18.0 Å². The van der Waals surface area contributed by atoms with Crippen LogP contribution in [-0.2, 0) is 6.18 Å². The fourth-order valence-corrected chi connectivity index (χ4v) is 3.49. The Morgan fingerprint density at radius 1 is 1.18 bits per heavy atom. The van der Waals surface area contributed by atoms with Crippen LogP contribution in [0.25, 0.3) is 10.7 Å². The molecule has 1 N–H and O–H groups in total. The second-order valence-corrected chi connectivity index (χ2v) is 7.47. The number of aromatic nitrogens is 6. The molecule has 4 rings (SSSR count). The Labute approximate surface area is 195 Å². The molecule has 1 unspecified atom stereocenters. The molecule has 0 fully saturated rings. The molecule has 34 heavy (non-hydrogen) atoms. The van der Waals surface area contributed by atoms with Gasteiger partial charge >= 0.3 is 6.18 Å². The van der Waals surface area contributed by atoms with Crippen LogP contribution in [0.5, 0.6) is 0 Å². The van der Waals surface area contributed by atoms with E-state index >= 15 is 0 Å². The van der Waals surface area contributed by atoms with Gasteiger partial charge in [0.25, 0.3) is 5.91 Å². The Morgan fingerprint density at radius 3 is 2.56 bits per heavy atom. The van der Waals surface area contributed by atoms with Gasteiger partial charge in [0.2, 0.25) is 5.69 Å². The smallest absolute Gasteiger partial charge is 0.322 e. The summed E-state index contributed by atoms with van der Waals surface area (Å²) in [4.78, 5) is 21.3. The number of alkyl halides is 3. The second-order valence-electron chi connectivity index (χ2n) is 7.03. The van der Waals surface area contributed by atoms with E-state index in [1.54, 1.807) is 18.2 Å². The number of nitrogens with zero attached hydrogens (tertiary/aromatic N) is 7. The van der Waals surface area contributed by atoms with Crippen molar-refractivity contribution in [1.82, 2.24) is 29.8 Å². The molecule has 172 valence electrons. The zero-order valence-electron chi connectivity index (χ0n) is 17.3. The summed E-state index contributed by atoms with van der Waals surface area (Å²) in [6.45, 7) is 8.84. The molecule has 0 aliphatic rings. The maximum atomic E-state index is 14.0. The van der Waals surface area contributed by atoms with E-state index < -0.39 is 29.4 Å². The molecular formula is C21H14ClF3N8O. The van der Waals surface area contributed by atoms with Crippen LogP contribution in [-0.4, -0.2) is 35.7 Å². The van der Waals surface area contributed by atoms with Gasteiger partial charge in [-0.05, 0) is 30.7 Å². The monoisotopic (exact) mass is 486 g/mol. The van der Waals surface area contributed by atoms with Crippen molar-refractivity contribution in [2.75, 3.05) is 5.32 Å². The summed E-state index contributed by atoms with van der Waals surface area (Å²) in [6, 6.07) is 6.77. The van der Waals surface area contributed by atoms with Gasteiger partial charge in [-0.25, -0.2) is 9.83 Å². The third-order valence-electron chi connectivity index (χ3n) is 4.84. The van der Waals surface area contributed by atoms with E-state index in [2.05, 4.69) is 30.4 Å². The first-order valence-electron chi connectivity index (χ1n) is 9.64. The molecule has 0 saturated carbocycles. The molecule has 0 aliphatic heterocycles. The van der Waals surface area contributed by atoms with E-state index in [0.29, 0.717) is 10.6 Å². The Bertz CT molecular complexity index is 1390. The third-order valence-corrected chi connectivity index (χ3v) is 5.08. The van der Waals surface area contributed by atoms with Crippen molar-refractivity contribution in [3.05, 3.63) is 88.4 Å². The Hall–Kier alpha value is -4.24. The number of hydrogen-bond acceptors (Lipinski definition) is 5. The van der Waals surface area contributed by atoms with E-state index in [1.807, 2.05) is 0 Å². The summed E-state index contributed by atoms with van der Waals surface area (Å²) < 4.78 is 42.7. The number of benzene rings is 1. The van der Waals surface area contributed by atoms with Crippen LogP contribution in [0.1, 0.15) is 34.6 Å². The van der Waals surface area contributed by atoms with Gasteiger partial charge < -0.3 is 5.32 Å². The first-order valence-corrected chi connectivity index (χ1v) is 10.0. The largest absolute Gasteiger partial charge is 0.433 e. The van der Waals surface area contributed by atoms with Crippen LogP contribution >= 0.6 is 11.6 Å². The lowest BCUT2D eigenvalue weighted by Crippen LogP contribution is -2.23. The zero-order valence-corrected chi connectivity index (χ0v) is 18.1. The summed E-state index contributed by atoms with van der Waals surface area (Å²) in [6.07, 6.45) is -0.0366. The van der Waals surface area contributed by atoms with Gasteiger partial charge in [-0.3, -0.25) is 9.48 Å². The van der Waals surface area contributed by atoms with E-state index in [-0.39, 0.29) is 17.2 Å². The summed E-state index contributed by atoms with van der Waals surface area (Å²) >= 11 is 5.97. The quantitative estimate of drug-likeness (QED) is 0.403. The van der Waals surface area contributed by atoms with E-state index in [1.165, 1.54) is 37.6 Å². The average Bonchev–Trinajstić information content (AvgIpc) is 3.48. The number of amides is 1. The van der Waals surface area contributed by atoms with Crippen LogP contribution < -0.4 is 5.32 Å². The molecule has 9 nitrogen and oxygen atoms in total. The van der Waals surface area contributed by atoms with Crippen molar-refractivity contribution in [2.45, 2.75) is 19.1 Å². The lowest BCUT2D eigenvalue weighted by atomic mass is 10.1. The van der Waals surface area contributed by atoms with Gasteiger partial charge in [0.1, 0.15) is 0 Å². The van der Waals surface area contributed by atoms with E-state index in [4.69, 9.17) is 18.2 Å². The van der Waals surface area contributed by atoms with Crippen LogP contribution in [0.2, 0.25) is 5.02 Å². The molecule has 3 aromatic heterocycles. The first-order chi connectivity index (χ1) is 16.2. The Morgan fingerprint density at radius 2 is 1.91 bits per heavy atom. The highest BCUT2D eigenvalue weighted by Gasteiger charge is 2.41. The van der Waals surface area contributed by atoms with Gasteiger partial charge in [0, 0.05) is 10.7 Å². The van der Waals surface area contributed by atoms with Crippen LogP contribution in [0, 0.1) is 6.57 Å². The maximum absolute atomic E-state index is 14.0. The number of carbonyl (C=O) groups is 1. The predicted molar refractivity (Wildman–Crippen MR) is 116 cm³/mol. The zero-order chi connectivity index (χ0) is 24.5. The van der Waals surface area contributed by atoms with Gasteiger partial charge in [-0.1, -0.05) is 23.7 Å².